The second-order valence-corrected chi connectivity index (χ2v) is 13.7. The predicted octanol–water partition coefficient (Wildman–Crippen LogP) is 2.29. The average Bonchev–Trinajstić information content (AvgIpc) is 2.93. The van der Waals surface area contributed by atoms with Crippen LogP contribution < -0.4 is 0 Å². The van der Waals surface area contributed by atoms with Crippen molar-refractivity contribution in [2.45, 2.75) is 146 Å². The molecule has 0 aliphatic heterocycles. The van der Waals surface area contributed by atoms with Crippen molar-refractivity contribution < 1.29 is 77.2 Å². The second-order valence-electron chi connectivity index (χ2n) is 11.1. The number of carbonyl (C=O) groups is 2. The van der Waals surface area contributed by atoms with Gasteiger partial charge in [-0.3, -0.25) is 23.2 Å². The van der Waals surface area contributed by atoms with E-state index in [4.69, 9.17) is 24.2 Å². The molecule has 4 unspecified atom stereocenters. The van der Waals surface area contributed by atoms with E-state index in [1.54, 1.807) is 0 Å². The number of hydrogen-bond donors (Lipinski definition) is 8. The van der Waals surface area contributed by atoms with Gasteiger partial charge >= 0.3 is 27.6 Å². The van der Waals surface area contributed by atoms with Crippen LogP contribution in [0.3, 0.4) is 0 Å². The smallest absolute Gasteiger partial charge is 0.472 e. The number of ether oxygens (including phenoxy) is 1. The van der Waals surface area contributed by atoms with E-state index in [0.717, 1.165) is 25.7 Å². The minimum absolute atomic E-state index is 0.00471. The van der Waals surface area contributed by atoms with Crippen LogP contribution in [0.1, 0.15) is 103 Å². The van der Waals surface area contributed by atoms with Gasteiger partial charge in [0.2, 0.25) is 0 Å². The number of carboxylic acids is 1. The molecule has 1 aliphatic rings. The SMILES string of the molecule is CCCCCCCCCCCCCCCC(=O)O[C@@H](COP(=O)(O)OC1C(O)[C@H](O)[C@H](OP(=O)(O)O)C(O)[C@@H]1O)CC(=O)O. The molecule has 1 saturated carbocycles. The van der Waals surface area contributed by atoms with Gasteiger partial charge in [-0.15, -0.1) is 0 Å². The molecule has 1 fully saturated rings. The van der Waals surface area contributed by atoms with E-state index in [2.05, 4.69) is 16.0 Å². The molecule has 0 saturated heterocycles. The van der Waals surface area contributed by atoms with Gasteiger partial charge in [-0.05, 0) is 6.42 Å². The molecule has 18 heteroatoms. The Morgan fingerprint density at radius 3 is 1.50 bits per heavy atom. The lowest BCUT2D eigenvalue weighted by molar-refractivity contribution is -0.216. The minimum Gasteiger partial charge on any atom is -0.481 e. The highest BCUT2D eigenvalue weighted by molar-refractivity contribution is 7.47. The third-order valence-electron chi connectivity index (χ3n) is 7.17. The number of hydrogen-bond acceptors (Lipinski definition) is 12. The first-order valence-corrected chi connectivity index (χ1v) is 18.1. The van der Waals surface area contributed by atoms with Gasteiger partial charge in [0.1, 0.15) is 42.7 Å². The molecular weight excluding hydrogens is 630 g/mol. The van der Waals surface area contributed by atoms with Crippen LogP contribution in [0.15, 0.2) is 0 Å². The van der Waals surface area contributed by atoms with Gasteiger partial charge in [0.05, 0.1) is 13.0 Å². The molecule has 0 aromatic carbocycles. The molecule has 8 atom stereocenters. The van der Waals surface area contributed by atoms with Crippen LogP contribution in [0.2, 0.25) is 0 Å². The zero-order chi connectivity index (χ0) is 33.3. The lowest BCUT2D eigenvalue weighted by Crippen LogP contribution is -2.64. The standard InChI is InChI=1S/C26H50O16P2/c1-2-3-4-5-6-7-8-9-10-11-12-13-14-15-20(29)40-18(16-19(27)28)17-39-44(37,38)42-26-23(32)21(30)25(22(31)24(26)33)41-43(34,35)36/h18,21-26,30-33H,2-17H2,1H3,(H,27,28)(H,37,38)(H2,34,35,36)/t18-,21+,22?,23?,24+,25+,26?/m1/s1. The van der Waals surface area contributed by atoms with Crippen molar-refractivity contribution in [2.75, 3.05) is 6.61 Å². The number of esters is 1. The van der Waals surface area contributed by atoms with E-state index in [1.165, 1.54) is 51.4 Å². The Labute approximate surface area is 257 Å². The quantitative estimate of drug-likeness (QED) is 0.0413. The summed E-state index contributed by atoms with van der Waals surface area (Å²) in [5.74, 6) is -2.14. The molecule has 0 bridgehead atoms. The molecule has 8 N–H and O–H groups in total. The maximum absolute atomic E-state index is 12.5. The third-order valence-corrected chi connectivity index (χ3v) is 8.67. The fourth-order valence-corrected chi connectivity index (χ4v) is 6.35. The monoisotopic (exact) mass is 680 g/mol. The lowest BCUT2D eigenvalue weighted by Gasteiger charge is -2.43. The average molecular weight is 681 g/mol. The van der Waals surface area contributed by atoms with Crippen LogP contribution >= 0.6 is 15.6 Å². The zero-order valence-corrected chi connectivity index (χ0v) is 26.9. The van der Waals surface area contributed by atoms with Gasteiger partial charge in [-0.25, -0.2) is 9.13 Å². The van der Waals surface area contributed by atoms with Crippen LogP contribution in [0.4, 0.5) is 0 Å². The summed E-state index contributed by atoms with van der Waals surface area (Å²) >= 11 is 0. The van der Waals surface area contributed by atoms with Crippen LogP contribution in [0.5, 0.6) is 0 Å². The maximum Gasteiger partial charge on any atom is 0.472 e. The molecule has 0 aromatic rings. The lowest BCUT2D eigenvalue weighted by atomic mass is 9.85. The first kappa shape index (κ1) is 41.0. The predicted molar refractivity (Wildman–Crippen MR) is 154 cm³/mol. The molecule has 44 heavy (non-hydrogen) atoms. The van der Waals surface area contributed by atoms with Crippen molar-refractivity contribution >= 4 is 27.6 Å². The normalized spacial score (nSPS) is 26.2. The highest BCUT2D eigenvalue weighted by Gasteiger charge is 2.54. The number of phosphoric acid groups is 2. The van der Waals surface area contributed by atoms with Gasteiger partial charge in [-0.2, -0.15) is 0 Å². The molecule has 16 nitrogen and oxygen atoms in total. The van der Waals surface area contributed by atoms with Gasteiger partial charge in [-0.1, -0.05) is 84.0 Å². The number of phosphoric ester groups is 2. The van der Waals surface area contributed by atoms with E-state index in [9.17, 15) is 44.0 Å². The number of rotatable bonds is 24. The molecule has 0 spiro atoms. The van der Waals surface area contributed by atoms with E-state index >= 15 is 0 Å². The van der Waals surface area contributed by atoms with E-state index < -0.39 is 83.3 Å². The summed E-state index contributed by atoms with van der Waals surface area (Å²) in [6.07, 6.45) is -1.37. The maximum atomic E-state index is 12.5. The Morgan fingerprint density at radius 1 is 0.682 bits per heavy atom. The molecule has 0 heterocycles. The van der Waals surface area contributed by atoms with Gasteiger partial charge in [0, 0.05) is 6.42 Å². The third kappa shape index (κ3) is 17.1. The number of aliphatic hydroxyl groups is 4. The summed E-state index contributed by atoms with van der Waals surface area (Å²) in [5.41, 5.74) is 0. The molecular formula is C26H50O16P2. The van der Waals surface area contributed by atoms with Crippen LogP contribution in [-0.2, 0) is 37.0 Å². The van der Waals surface area contributed by atoms with Crippen LogP contribution in [0.25, 0.3) is 0 Å². The highest BCUT2D eigenvalue weighted by atomic mass is 31.2. The Bertz CT molecular complexity index is 914. The summed E-state index contributed by atoms with van der Waals surface area (Å²) in [4.78, 5) is 51.3. The Kier molecular flexibility index (Phi) is 19.6. The fraction of sp³-hybridized carbons (Fsp3) is 0.923. The van der Waals surface area contributed by atoms with Crippen molar-refractivity contribution in [3.63, 3.8) is 0 Å². The summed E-state index contributed by atoms with van der Waals surface area (Å²) in [5, 5.41) is 49.6. The van der Waals surface area contributed by atoms with Gasteiger partial charge in [0.15, 0.2) is 0 Å². The number of carboxylic acid groups (broad SMARTS) is 1. The summed E-state index contributed by atoms with van der Waals surface area (Å²) in [6.45, 7) is 1.27. The van der Waals surface area contributed by atoms with Crippen molar-refractivity contribution in [3.05, 3.63) is 0 Å². The second kappa shape index (κ2) is 21.0. The van der Waals surface area contributed by atoms with E-state index in [1.807, 2.05) is 0 Å². The Balaban J connectivity index is 2.45. The van der Waals surface area contributed by atoms with Gasteiger partial charge in [0.25, 0.3) is 0 Å². The summed E-state index contributed by atoms with van der Waals surface area (Å²) in [6, 6.07) is 0. The van der Waals surface area contributed by atoms with Crippen LogP contribution in [0, 0.1) is 0 Å². The van der Waals surface area contributed by atoms with Crippen molar-refractivity contribution in [3.8, 4) is 0 Å². The number of unbranched alkanes of at least 4 members (excludes halogenated alkanes) is 12. The topological polar surface area (TPSA) is 267 Å². The van der Waals surface area contributed by atoms with Crippen LogP contribution in [-0.4, -0.2) is 101 Å². The molecule has 0 radical (unpaired) electrons. The van der Waals surface area contributed by atoms with Crippen molar-refractivity contribution in [1.29, 1.82) is 0 Å². The molecule has 260 valence electrons. The highest BCUT2D eigenvalue weighted by Crippen LogP contribution is 2.48. The Morgan fingerprint density at radius 2 is 1.09 bits per heavy atom. The molecule has 0 amide bonds. The summed E-state index contributed by atoms with van der Waals surface area (Å²) < 4.78 is 42.2. The first-order chi connectivity index (χ1) is 20.6. The number of aliphatic hydroxyl groups excluding tert-OH is 4. The van der Waals surface area contributed by atoms with Crippen molar-refractivity contribution in [1.82, 2.24) is 0 Å². The summed E-state index contributed by atoms with van der Waals surface area (Å²) in [7, 11) is -10.6. The van der Waals surface area contributed by atoms with E-state index in [0.29, 0.717) is 6.42 Å². The zero-order valence-electron chi connectivity index (χ0n) is 25.1. The first-order valence-electron chi connectivity index (χ1n) is 15.1. The molecule has 1 rings (SSSR count). The van der Waals surface area contributed by atoms with Crippen molar-refractivity contribution in [2.24, 2.45) is 0 Å². The number of aliphatic carboxylic acids is 1. The number of carbonyl (C=O) groups excluding carboxylic acids is 1. The fourth-order valence-electron chi connectivity index (χ4n) is 4.81. The Hall–Kier alpha value is -1.00. The minimum atomic E-state index is -5.29. The van der Waals surface area contributed by atoms with Gasteiger partial charge < -0.3 is 44.9 Å². The largest absolute Gasteiger partial charge is 0.481 e. The van der Waals surface area contributed by atoms with E-state index in [-0.39, 0.29) is 6.42 Å². The molecule has 0 aromatic heterocycles. The molecule has 1 aliphatic carbocycles.